The Bertz CT molecular complexity index is 701. The van der Waals surface area contributed by atoms with Gasteiger partial charge in [0.25, 0.3) is 0 Å². The van der Waals surface area contributed by atoms with E-state index < -0.39 is 11.8 Å². The molecule has 2 rings (SSSR count). The van der Waals surface area contributed by atoms with Gasteiger partial charge in [0, 0.05) is 17.7 Å². The molecule has 2 heterocycles. The van der Waals surface area contributed by atoms with Gasteiger partial charge in [-0.1, -0.05) is 13.3 Å². The van der Waals surface area contributed by atoms with Crippen LogP contribution in [0.5, 0.6) is 5.88 Å². The van der Waals surface area contributed by atoms with Crippen molar-refractivity contribution in [2.24, 2.45) is 0 Å². The highest BCUT2D eigenvalue weighted by Crippen LogP contribution is 2.22. The Morgan fingerprint density at radius 1 is 1.41 bits per heavy atom. The molecule has 0 aliphatic carbocycles. The van der Waals surface area contributed by atoms with Crippen LogP contribution in [0.3, 0.4) is 0 Å². The fraction of sp³-hybridized carbons (Fsp3) is 0.312. The summed E-state index contributed by atoms with van der Waals surface area (Å²) < 4.78 is 24.0. The minimum atomic E-state index is -0.564. The van der Waals surface area contributed by atoms with Crippen LogP contribution in [0.15, 0.2) is 24.4 Å². The third-order valence-electron chi connectivity index (χ3n) is 3.02. The predicted molar refractivity (Wildman–Crippen MR) is 80.9 cm³/mol. The van der Waals surface area contributed by atoms with Crippen molar-refractivity contribution >= 4 is 23.1 Å². The smallest absolute Gasteiger partial charge is 0.330 e. The summed E-state index contributed by atoms with van der Waals surface area (Å²) in [6, 6.07) is 3.32. The second-order valence-corrected chi connectivity index (χ2v) is 4.60. The quantitative estimate of drug-likeness (QED) is 0.466. The summed E-state index contributed by atoms with van der Waals surface area (Å²) in [4.78, 5) is 19.7. The number of nitrogens with zero attached hydrogens (tertiary/aromatic N) is 2. The lowest BCUT2D eigenvalue weighted by molar-refractivity contribution is -0.137. The molecule has 2 aromatic rings. The SMILES string of the molecule is CCCCOC(=O)/C=C/c1c(F)cnc2ccc(OC)nc12. The van der Waals surface area contributed by atoms with Crippen molar-refractivity contribution in [3.63, 3.8) is 0 Å². The van der Waals surface area contributed by atoms with Gasteiger partial charge in [0.1, 0.15) is 5.52 Å². The highest BCUT2D eigenvalue weighted by Gasteiger charge is 2.09. The number of aromatic nitrogens is 2. The molecular weight excluding hydrogens is 287 g/mol. The molecule has 2 aromatic heterocycles. The highest BCUT2D eigenvalue weighted by atomic mass is 19.1. The van der Waals surface area contributed by atoms with E-state index in [9.17, 15) is 9.18 Å². The third-order valence-corrected chi connectivity index (χ3v) is 3.02. The highest BCUT2D eigenvalue weighted by molar-refractivity contribution is 5.92. The Kier molecular flexibility index (Phi) is 5.41. The first-order valence-corrected chi connectivity index (χ1v) is 6.99. The number of fused-ring (bicyclic) bond motifs is 1. The zero-order valence-corrected chi connectivity index (χ0v) is 12.5. The monoisotopic (exact) mass is 304 g/mol. The van der Waals surface area contributed by atoms with Crippen molar-refractivity contribution in [3.8, 4) is 5.88 Å². The van der Waals surface area contributed by atoms with Gasteiger partial charge < -0.3 is 9.47 Å². The lowest BCUT2D eigenvalue weighted by Crippen LogP contribution is -2.02. The Labute approximate surface area is 127 Å². The first-order valence-electron chi connectivity index (χ1n) is 6.99. The van der Waals surface area contributed by atoms with E-state index in [0.717, 1.165) is 19.0 Å². The number of halogens is 1. The lowest BCUT2D eigenvalue weighted by Gasteiger charge is -2.05. The third kappa shape index (κ3) is 3.78. The first-order chi connectivity index (χ1) is 10.7. The molecule has 0 N–H and O–H groups in total. The second-order valence-electron chi connectivity index (χ2n) is 4.60. The Morgan fingerprint density at radius 3 is 2.95 bits per heavy atom. The van der Waals surface area contributed by atoms with Crippen LogP contribution in [0.1, 0.15) is 25.3 Å². The number of methoxy groups -OCH3 is 1. The average Bonchev–Trinajstić information content (AvgIpc) is 2.53. The van der Waals surface area contributed by atoms with Crippen molar-refractivity contribution < 1.29 is 18.7 Å². The Hall–Kier alpha value is -2.50. The topological polar surface area (TPSA) is 61.3 Å². The fourth-order valence-electron chi connectivity index (χ4n) is 1.83. The van der Waals surface area contributed by atoms with Gasteiger partial charge in [-0.2, -0.15) is 0 Å². The standard InChI is InChI=1S/C16H17FN2O3/c1-3-4-9-22-15(20)8-5-11-12(17)10-18-13-6-7-14(21-2)19-16(11)13/h5-8,10H,3-4,9H2,1-2H3/b8-5+. The minimum absolute atomic E-state index is 0.177. The summed E-state index contributed by atoms with van der Waals surface area (Å²) in [6.07, 6.45) is 5.36. The summed E-state index contributed by atoms with van der Waals surface area (Å²) >= 11 is 0. The van der Waals surface area contributed by atoms with Gasteiger partial charge >= 0.3 is 5.97 Å². The zero-order valence-electron chi connectivity index (χ0n) is 12.5. The molecule has 0 aliphatic heterocycles. The molecule has 6 heteroatoms. The summed E-state index contributed by atoms with van der Waals surface area (Å²) in [5.41, 5.74) is 1.02. The largest absolute Gasteiger partial charge is 0.481 e. The number of unbranched alkanes of at least 4 members (excludes halogenated alkanes) is 1. The predicted octanol–water partition coefficient (Wildman–Crippen LogP) is 3.13. The molecule has 0 bridgehead atoms. The van der Waals surface area contributed by atoms with Crippen molar-refractivity contribution in [1.82, 2.24) is 9.97 Å². The minimum Gasteiger partial charge on any atom is -0.481 e. The maximum Gasteiger partial charge on any atom is 0.330 e. The number of pyridine rings is 2. The molecule has 0 saturated carbocycles. The van der Waals surface area contributed by atoms with Gasteiger partial charge in [0.15, 0.2) is 5.82 Å². The van der Waals surface area contributed by atoms with Crippen LogP contribution in [0.25, 0.3) is 17.1 Å². The van der Waals surface area contributed by atoms with Crippen molar-refractivity contribution in [1.29, 1.82) is 0 Å². The number of carbonyl (C=O) groups excluding carboxylic acids is 1. The molecule has 0 aromatic carbocycles. The molecule has 116 valence electrons. The molecule has 0 amide bonds. The van der Waals surface area contributed by atoms with Gasteiger partial charge in [-0.3, -0.25) is 4.98 Å². The van der Waals surface area contributed by atoms with Crippen LogP contribution in [0, 0.1) is 5.82 Å². The molecule has 0 aliphatic rings. The summed E-state index contributed by atoms with van der Waals surface area (Å²) in [6.45, 7) is 2.35. The van der Waals surface area contributed by atoms with E-state index in [2.05, 4.69) is 9.97 Å². The number of carbonyl (C=O) groups is 1. The number of esters is 1. The first kappa shape index (κ1) is 15.9. The maximum atomic E-state index is 14.0. The van der Waals surface area contributed by atoms with Gasteiger partial charge in [-0.25, -0.2) is 14.2 Å². The van der Waals surface area contributed by atoms with Crippen LogP contribution in [0.4, 0.5) is 4.39 Å². The molecule has 0 radical (unpaired) electrons. The number of hydrogen-bond donors (Lipinski definition) is 0. The van der Waals surface area contributed by atoms with Crippen LogP contribution >= 0.6 is 0 Å². The molecule has 0 spiro atoms. The van der Waals surface area contributed by atoms with E-state index in [1.54, 1.807) is 12.1 Å². The molecular formula is C16H17FN2O3. The molecule has 22 heavy (non-hydrogen) atoms. The van der Waals surface area contributed by atoms with Gasteiger partial charge in [0.2, 0.25) is 5.88 Å². The van der Waals surface area contributed by atoms with Crippen molar-refractivity contribution in [3.05, 3.63) is 35.8 Å². The van der Waals surface area contributed by atoms with Gasteiger partial charge in [-0.15, -0.1) is 0 Å². The van der Waals surface area contributed by atoms with Crippen LogP contribution < -0.4 is 4.74 Å². The Morgan fingerprint density at radius 2 is 2.23 bits per heavy atom. The zero-order chi connectivity index (χ0) is 15.9. The van der Waals surface area contributed by atoms with Crippen molar-refractivity contribution in [2.45, 2.75) is 19.8 Å². The molecule has 0 atom stereocenters. The number of hydrogen-bond acceptors (Lipinski definition) is 5. The summed E-state index contributed by atoms with van der Waals surface area (Å²) in [5.74, 6) is -0.730. The number of rotatable bonds is 6. The van der Waals surface area contributed by atoms with Gasteiger partial charge in [-0.05, 0) is 18.6 Å². The van der Waals surface area contributed by atoms with E-state index >= 15 is 0 Å². The second kappa shape index (κ2) is 7.49. The lowest BCUT2D eigenvalue weighted by atomic mass is 10.1. The normalized spacial score (nSPS) is 11.0. The van der Waals surface area contributed by atoms with E-state index in [1.807, 2.05) is 6.92 Å². The van der Waals surface area contributed by atoms with Crippen LogP contribution in [-0.2, 0) is 9.53 Å². The van der Waals surface area contributed by atoms with E-state index in [1.165, 1.54) is 19.3 Å². The summed E-state index contributed by atoms with van der Waals surface area (Å²) in [5, 5.41) is 0. The van der Waals surface area contributed by atoms with Crippen LogP contribution in [0.2, 0.25) is 0 Å². The van der Waals surface area contributed by atoms with E-state index in [0.29, 0.717) is 23.5 Å². The Balaban J connectivity index is 2.29. The van der Waals surface area contributed by atoms with Crippen molar-refractivity contribution in [2.75, 3.05) is 13.7 Å². The van der Waals surface area contributed by atoms with Crippen LogP contribution in [-0.4, -0.2) is 29.7 Å². The van der Waals surface area contributed by atoms with E-state index in [4.69, 9.17) is 9.47 Å². The average molecular weight is 304 g/mol. The molecule has 5 nitrogen and oxygen atoms in total. The maximum absolute atomic E-state index is 14.0. The van der Waals surface area contributed by atoms with Gasteiger partial charge in [0.05, 0.1) is 25.4 Å². The fourth-order valence-corrected chi connectivity index (χ4v) is 1.83. The molecule has 0 fully saturated rings. The van der Waals surface area contributed by atoms with E-state index in [-0.39, 0.29) is 5.56 Å². The summed E-state index contributed by atoms with van der Waals surface area (Å²) in [7, 11) is 1.47. The number of ether oxygens (including phenoxy) is 2. The molecule has 0 saturated heterocycles. The molecule has 0 unspecified atom stereocenters.